The van der Waals surface area contributed by atoms with Gasteiger partial charge in [0.2, 0.25) is 5.95 Å². The van der Waals surface area contributed by atoms with E-state index < -0.39 is 0 Å². The van der Waals surface area contributed by atoms with Gasteiger partial charge in [-0.1, -0.05) is 0 Å². The first-order valence-corrected chi connectivity index (χ1v) is 4.73. The smallest absolute Gasteiger partial charge is 0.223 e. The number of aryl methyl sites for hydroxylation is 1. The van der Waals surface area contributed by atoms with E-state index in [0.29, 0.717) is 5.95 Å². The molecule has 15 heavy (non-hydrogen) atoms. The van der Waals surface area contributed by atoms with Gasteiger partial charge in [-0.15, -0.1) is 0 Å². The van der Waals surface area contributed by atoms with Gasteiger partial charge in [0.05, 0.1) is 5.69 Å². The number of pyridine rings is 1. The Balaban J connectivity index is 2.49. The Hall–Kier alpha value is -1.97. The lowest BCUT2D eigenvalue weighted by Crippen LogP contribution is -1.99. The van der Waals surface area contributed by atoms with Crippen molar-refractivity contribution in [2.24, 2.45) is 0 Å². The maximum absolute atomic E-state index is 4.37. The lowest BCUT2D eigenvalue weighted by Gasteiger charge is -2.04. The largest absolute Gasteiger partial charge is 0.357 e. The number of rotatable bonds is 2. The average molecular weight is 200 g/mol. The molecule has 2 rings (SSSR count). The predicted molar refractivity (Wildman–Crippen MR) is 59.5 cm³/mol. The molecule has 0 saturated heterocycles. The van der Waals surface area contributed by atoms with E-state index in [2.05, 4.69) is 20.3 Å². The molecule has 0 atom stereocenters. The first-order chi connectivity index (χ1) is 7.29. The monoisotopic (exact) mass is 200 g/mol. The molecule has 2 heterocycles. The summed E-state index contributed by atoms with van der Waals surface area (Å²) >= 11 is 0. The number of hydrogen-bond acceptors (Lipinski definition) is 4. The van der Waals surface area contributed by atoms with Crippen molar-refractivity contribution < 1.29 is 0 Å². The Morgan fingerprint density at radius 3 is 2.53 bits per heavy atom. The second kappa shape index (κ2) is 4.04. The van der Waals surface area contributed by atoms with Crippen LogP contribution in [0, 0.1) is 6.92 Å². The zero-order valence-corrected chi connectivity index (χ0v) is 8.73. The highest BCUT2D eigenvalue weighted by Crippen LogP contribution is 2.17. The molecular formula is C11H12N4. The minimum atomic E-state index is 0.641. The summed E-state index contributed by atoms with van der Waals surface area (Å²) in [5.41, 5.74) is 2.91. The summed E-state index contributed by atoms with van der Waals surface area (Å²) < 4.78 is 0. The number of nitrogens with zero attached hydrogens (tertiary/aromatic N) is 3. The Morgan fingerprint density at radius 1 is 1.13 bits per heavy atom. The molecule has 4 heteroatoms. The lowest BCUT2D eigenvalue weighted by atomic mass is 10.2. The summed E-state index contributed by atoms with van der Waals surface area (Å²) in [6.45, 7) is 1.95. The number of nitrogens with one attached hydrogen (secondary N) is 1. The second-order valence-corrected chi connectivity index (χ2v) is 3.20. The third-order valence-electron chi connectivity index (χ3n) is 2.05. The first kappa shape index (κ1) is 9.58. The van der Waals surface area contributed by atoms with Crippen LogP contribution in [0.1, 0.15) is 5.69 Å². The molecular weight excluding hydrogens is 188 g/mol. The summed E-state index contributed by atoms with van der Waals surface area (Å²) in [5.74, 6) is 0.641. The van der Waals surface area contributed by atoms with Crippen LogP contribution in [0.4, 0.5) is 5.95 Å². The van der Waals surface area contributed by atoms with E-state index in [1.807, 2.05) is 32.2 Å². The van der Waals surface area contributed by atoms with Crippen molar-refractivity contribution in [2.45, 2.75) is 6.92 Å². The molecule has 0 fully saturated rings. The summed E-state index contributed by atoms with van der Waals surface area (Å²) in [4.78, 5) is 12.6. The predicted octanol–water partition coefficient (Wildman–Crippen LogP) is 1.89. The van der Waals surface area contributed by atoms with Crippen molar-refractivity contribution in [3.63, 3.8) is 0 Å². The van der Waals surface area contributed by atoms with Gasteiger partial charge in [0.15, 0.2) is 0 Å². The molecule has 0 unspecified atom stereocenters. The van der Waals surface area contributed by atoms with E-state index >= 15 is 0 Å². The summed E-state index contributed by atoms with van der Waals surface area (Å²) in [6.07, 6.45) is 3.51. The normalized spacial score (nSPS) is 10.0. The van der Waals surface area contributed by atoms with Crippen LogP contribution in [-0.2, 0) is 0 Å². The maximum Gasteiger partial charge on any atom is 0.223 e. The summed E-state index contributed by atoms with van der Waals surface area (Å²) in [5, 5.41) is 2.94. The highest BCUT2D eigenvalue weighted by Gasteiger charge is 2.02. The van der Waals surface area contributed by atoms with E-state index in [4.69, 9.17) is 0 Å². The molecule has 4 nitrogen and oxygen atoms in total. The van der Waals surface area contributed by atoms with Crippen molar-refractivity contribution in [2.75, 3.05) is 12.4 Å². The van der Waals surface area contributed by atoms with Crippen molar-refractivity contribution in [3.05, 3.63) is 36.3 Å². The standard InChI is InChI=1S/C11H12N4/c1-8-7-10(15-11(12-2)14-8)9-3-5-13-6-4-9/h3-7H,1-2H3,(H,12,14,15). The van der Waals surface area contributed by atoms with Crippen LogP contribution in [0.25, 0.3) is 11.3 Å². The maximum atomic E-state index is 4.37. The van der Waals surface area contributed by atoms with E-state index in [1.165, 1.54) is 0 Å². The molecule has 0 saturated carbocycles. The zero-order valence-electron chi connectivity index (χ0n) is 8.73. The number of anilines is 1. The van der Waals surface area contributed by atoms with Gasteiger partial charge in [-0.3, -0.25) is 4.98 Å². The quantitative estimate of drug-likeness (QED) is 0.804. The molecule has 0 aliphatic rings. The van der Waals surface area contributed by atoms with Crippen molar-refractivity contribution >= 4 is 5.95 Å². The Bertz CT molecular complexity index is 453. The lowest BCUT2D eigenvalue weighted by molar-refractivity contribution is 1.10. The molecule has 0 radical (unpaired) electrons. The highest BCUT2D eigenvalue weighted by atomic mass is 15.1. The van der Waals surface area contributed by atoms with Gasteiger partial charge in [0.25, 0.3) is 0 Å². The fourth-order valence-electron chi connectivity index (χ4n) is 1.35. The highest BCUT2D eigenvalue weighted by molar-refractivity contribution is 5.59. The molecule has 0 aliphatic heterocycles. The minimum Gasteiger partial charge on any atom is -0.357 e. The Labute approximate surface area is 88.4 Å². The minimum absolute atomic E-state index is 0.641. The van der Waals surface area contributed by atoms with E-state index in [0.717, 1.165) is 17.0 Å². The van der Waals surface area contributed by atoms with Gasteiger partial charge in [0.1, 0.15) is 0 Å². The Morgan fingerprint density at radius 2 is 1.87 bits per heavy atom. The second-order valence-electron chi connectivity index (χ2n) is 3.20. The van der Waals surface area contributed by atoms with E-state index in [1.54, 1.807) is 12.4 Å². The third-order valence-corrected chi connectivity index (χ3v) is 2.05. The molecule has 0 bridgehead atoms. The van der Waals surface area contributed by atoms with Crippen LogP contribution < -0.4 is 5.32 Å². The topological polar surface area (TPSA) is 50.7 Å². The molecule has 0 aromatic carbocycles. The summed E-state index contributed by atoms with van der Waals surface area (Å²) in [7, 11) is 1.81. The average Bonchev–Trinajstić information content (AvgIpc) is 2.29. The fourth-order valence-corrected chi connectivity index (χ4v) is 1.35. The van der Waals surface area contributed by atoms with Crippen LogP contribution in [0.15, 0.2) is 30.6 Å². The third kappa shape index (κ3) is 2.10. The van der Waals surface area contributed by atoms with Crippen molar-refractivity contribution in [3.8, 4) is 11.3 Å². The van der Waals surface area contributed by atoms with Gasteiger partial charge in [0, 0.05) is 30.7 Å². The molecule has 76 valence electrons. The first-order valence-electron chi connectivity index (χ1n) is 4.73. The van der Waals surface area contributed by atoms with Crippen LogP contribution in [0.3, 0.4) is 0 Å². The summed E-state index contributed by atoms with van der Waals surface area (Å²) in [6, 6.07) is 5.82. The Kier molecular flexibility index (Phi) is 2.58. The van der Waals surface area contributed by atoms with Gasteiger partial charge >= 0.3 is 0 Å². The number of hydrogen-bond donors (Lipinski definition) is 1. The molecule has 2 aromatic heterocycles. The van der Waals surface area contributed by atoms with E-state index in [-0.39, 0.29) is 0 Å². The van der Waals surface area contributed by atoms with Crippen LogP contribution in [-0.4, -0.2) is 22.0 Å². The zero-order chi connectivity index (χ0) is 10.7. The molecule has 0 aliphatic carbocycles. The SMILES string of the molecule is CNc1nc(C)cc(-c2ccncc2)n1. The molecule has 2 aromatic rings. The number of aromatic nitrogens is 3. The molecule has 0 amide bonds. The van der Waals surface area contributed by atoms with Crippen molar-refractivity contribution in [1.29, 1.82) is 0 Å². The van der Waals surface area contributed by atoms with Crippen molar-refractivity contribution in [1.82, 2.24) is 15.0 Å². The van der Waals surface area contributed by atoms with Gasteiger partial charge in [-0.05, 0) is 25.1 Å². The van der Waals surface area contributed by atoms with Crippen LogP contribution in [0.5, 0.6) is 0 Å². The van der Waals surface area contributed by atoms with Gasteiger partial charge in [-0.2, -0.15) is 0 Å². The van der Waals surface area contributed by atoms with Crippen LogP contribution in [0.2, 0.25) is 0 Å². The van der Waals surface area contributed by atoms with E-state index in [9.17, 15) is 0 Å². The van der Waals surface area contributed by atoms with Gasteiger partial charge in [-0.25, -0.2) is 9.97 Å². The molecule has 0 spiro atoms. The van der Waals surface area contributed by atoms with Gasteiger partial charge < -0.3 is 5.32 Å². The fraction of sp³-hybridized carbons (Fsp3) is 0.182. The van der Waals surface area contributed by atoms with Crippen LogP contribution >= 0.6 is 0 Å². The molecule has 1 N–H and O–H groups in total.